The smallest absolute Gasteiger partial charge is 0.248 e. The van der Waals surface area contributed by atoms with Gasteiger partial charge in [0, 0.05) is 5.69 Å². The minimum Gasteiger partial charge on any atom is -0.495 e. The van der Waals surface area contributed by atoms with E-state index in [-0.39, 0.29) is 11.4 Å². The molecule has 152 valence electrons. The van der Waals surface area contributed by atoms with Crippen molar-refractivity contribution in [2.24, 2.45) is 0 Å². The molecule has 0 aromatic heterocycles. The van der Waals surface area contributed by atoms with E-state index in [4.69, 9.17) is 16.3 Å². The maximum atomic E-state index is 13.0. The molecule has 1 N–H and O–H groups in total. The predicted octanol–water partition coefficient (Wildman–Crippen LogP) is 4.15. The first-order valence-electron chi connectivity index (χ1n) is 8.80. The SMILES string of the molecule is CC[C@H](C(=O)Nc1c(C)cccc1C)N(c1ccc(OC)c(Cl)c1)S(C)(=O)=O. The number of anilines is 2. The summed E-state index contributed by atoms with van der Waals surface area (Å²) in [5.41, 5.74) is 2.80. The molecular weight excluding hydrogens is 400 g/mol. The summed E-state index contributed by atoms with van der Waals surface area (Å²) < 4.78 is 31.3. The van der Waals surface area contributed by atoms with Crippen molar-refractivity contribution in [3.63, 3.8) is 0 Å². The Morgan fingerprint density at radius 3 is 2.29 bits per heavy atom. The van der Waals surface area contributed by atoms with Crippen LogP contribution in [-0.4, -0.2) is 33.7 Å². The molecule has 0 radical (unpaired) electrons. The highest BCUT2D eigenvalue weighted by Gasteiger charge is 2.32. The first-order valence-corrected chi connectivity index (χ1v) is 11.0. The molecule has 1 amide bonds. The molecule has 0 fully saturated rings. The third-order valence-corrected chi connectivity index (χ3v) is 5.92. The summed E-state index contributed by atoms with van der Waals surface area (Å²) in [7, 11) is -2.28. The fourth-order valence-electron chi connectivity index (χ4n) is 3.07. The Balaban J connectivity index is 2.46. The lowest BCUT2D eigenvalue weighted by molar-refractivity contribution is -0.117. The zero-order valence-electron chi connectivity index (χ0n) is 16.6. The third kappa shape index (κ3) is 4.77. The first-order chi connectivity index (χ1) is 13.1. The van der Waals surface area contributed by atoms with Crippen LogP contribution in [0.15, 0.2) is 36.4 Å². The lowest BCUT2D eigenvalue weighted by Crippen LogP contribution is -2.47. The number of methoxy groups -OCH3 is 1. The van der Waals surface area contributed by atoms with Gasteiger partial charge in [0.15, 0.2) is 0 Å². The van der Waals surface area contributed by atoms with E-state index in [1.54, 1.807) is 19.1 Å². The number of ether oxygens (including phenoxy) is 1. The van der Waals surface area contributed by atoms with Crippen LogP contribution in [0.1, 0.15) is 24.5 Å². The average molecular weight is 425 g/mol. The second-order valence-electron chi connectivity index (χ2n) is 6.56. The van der Waals surface area contributed by atoms with Crippen molar-refractivity contribution in [2.75, 3.05) is 23.0 Å². The first kappa shape index (κ1) is 22.0. The van der Waals surface area contributed by atoms with Crippen LogP contribution in [0.5, 0.6) is 5.75 Å². The van der Waals surface area contributed by atoms with E-state index in [1.807, 2.05) is 32.0 Å². The number of nitrogens with zero attached hydrogens (tertiary/aromatic N) is 1. The number of nitrogens with one attached hydrogen (secondary N) is 1. The van der Waals surface area contributed by atoms with E-state index < -0.39 is 22.0 Å². The van der Waals surface area contributed by atoms with Crippen LogP contribution < -0.4 is 14.4 Å². The zero-order chi connectivity index (χ0) is 21.1. The van der Waals surface area contributed by atoms with Crippen molar-refractivity contribution < 1.29 is 17.9 Å². The second-order valence-corrected chi connectivity index (χ2v) is 8.82. The molecule has 28 heavy (non-hydrogen) atoms. The summed E-state index contributed by atoms with van der Waals surface area (Å²) in [4.78, 5) is 13.0. The molecule has 0 spiro atoms. The molecule has 6 nitrogen and oxygen atoms in total. The van der Waals surface area contributed by atoms with Crippen molar-refractivity contribution in [3.05, 3.63) is 52.5 Å². The van der Waals surface area contributed by atoms with Crippen LogP contribution >= 0.6 is 11.6 Å². The summed E-state index contributed by atoms with van der Waals surface area (Å²) >= 11 is 6.18. The standard InChI is InChI=1S/C20H25ClN2O4S/c1-6-17(20(24)22-19-13(2)8-7-9-14(19)3)23(28(5,25)26)15-10-11-18(27-4)16(21)12-15/h7-12,17H,6H2,1-5H3,(H,22,24)/t17-/m1/s1. The number of carbonyl (C=O) groups excluding carboxylic acids is 1. The minimum atomic E-state index is -3.75. The lowest BCUT2D eigenvalue weighted by Gasteiger charge is -2.30. The summed E-state index contributed by atoms with van der Waals surface area (Å²) in [5, 5.41) is 3.15. The number of para-hydroxylation sites is 1. The fraction of sp³-hybridized carbons (Fsp3) is 0.350. The zero-order valence-corrected chi connectivity index (χ0v) is 18.2. The molecule has 0 aliphatic heterocycles. The van der Waals surface area contributed by atoms with E-state index in [9.17, 15) is 13.2 Å². The number of benzene rings is 2. The molecule has 8 heteroatoms. The monoisotopic (exact) mass is 424 g/mol. The Bertz CT molecular complexity index is 956. The molecule has 0 heterocycles. The van der Waals surface area contributed by atoms with Crippen molar-refractivity contribution in [1.29, 1.82) is 0 Å². The van der Waals surface area contributed by atoms with E-state index in [0.717, 1.165) is 21.7 Å². The van der Waals surface area contributed by atoms with Gasteiger partial charge in [-0.3, -0.25) is 9.10 Å². The highest BCUT2D eigenvalue weighted by atomic mass is 35.5. The fourth-order valence-corrected chi connectivity index (χ4v) is 4.53. The largest absolute Gasteiger partial charge is 0.495 e. The van der Waals surface area contributed by atoms with Gasteiger partial charge in [-0.25, -0.2) is 8.42 Å². The van der Waals surface area contributed by atoms with E-state index in [2.05, 4.69) is 5.32 Å². The second kappa shape index (κ2) is 8.84. The number of halogens is 1. The maximum Gasteiger partial charge on any atom is 0.248 e. The Kier molecular flexibility index (Phi) is 6.96. The van der Waals surface area contributed by atoms with Crippen LogP contribution in [0.3, 0.4) is 0 Å². The predicted molar refractivity (Wildman–Crippen MR) is 114 cm³/mol. The molecule has 2 aromatic rings. The summed E-state index contributed by atoms with van der Waals surface area (Å²) in [5.74, 6) is 0.0177. The van der Waals surface area contributed by atoms with E-state index >= 15 is 0 Å². The van der Waals surface area contributed by atoms with Crippen molar-refractivity contribution >= 4 is 38.9 Å². The van der Waals surface area contributed by atoms with Crippen LogP contribution in [0.4, 0.5) is 11.4 Å². The van der Waals surface area contributed by atoms with Crippen molar-refractivity contribution in [3.8, 4) is 5.75 Å². The molecule has 2 rings (SSSR count). The quantitative estimate of drug-likeness (QED) is 0.724. The summed E-state index contributed by atoms with van der Waals surface area (Å²) in [6.07, 6.45) is 1.35. The Morgan fingerprint density at radius 2 is 1.82 bits per heavy atom. The molecule has 0 bridgehead atoms. The molecule has 0 saturated carbocycles. The maximum absolute atomic E-state index is 13.0. The summed E-state index contributed by atoms with van der Waals surface area (Å²) in [6.45, 7) is 5.54. The van der Waals surface area contributed by atoms with Gasteiger partial charge in [0.2, 0.25) is 15.9 Å². The third-order valence-electron chi connectivity index (χ3n) is 4.45. The Hall–Kier alpha value is -2.25. The highest BCUT2D eigenvalue weighted by molar-refractivity contribution is 7.92. The molecule has 0 saturated heterocycles. The van der Waals surface area contributed by atoms with Gasteiger partial charge in [0.05, 0.1) is 24.1 Å². The number of rotatable bonds is 7. The van der Waals surface area contributed by atoms with Crippen molar-refractivity contribution in [1.82, 2.24) is 0 Å². The number of amides is 1. The highest BCUT2D eigenvalue weighted by Crippen LogP contribution is 2.32. The number of carbonyl (C=O) groups is 1. The average Bonchev–Trinajstić information content (AvgIpc) is 2.61. The number of sulfonamides is 1. The molecule has 0 aliphatic carbocycles. The van der Waals surface area contributed by atoms with Gasteiger partial charge in [-0.15, -0.1) is 0 Å². The van der Waals surface area contributed by atoms with Crippen molar-refractivity contribution in [2.45, 2.75) is 33.2 Å². The van der Waals surface area contributed by atoms with Crippen LogP contribution in [0.2, 0.25) is 5.02 Å². The van der Waals surface area contributed by atoms with Crippen LogP contribution in [0, 0.1) is 13.8 Å². The molecular formula is C20H25ClN2O4S. The van der Waals surface area contributed by atoms with Crippen LogP contribution in [0.25, 0.3) is 0 Å². The van der Waals surface area contributed by atoms with Crippen LogP contribution in [-0.2, 0) is 14.8 Å². The lowest BCUT2D eigenvalue weighted by atomic mass is 10.1. The topological polar surface area (TPSA) is 75.7 Å². The van der Waals surface area contributed by atoms with Gasteiger partial charge in [-0.05, 0) is 49.6 Å². The van der Waals surface area contributed by atoms with E-state index in [0.29, 0.717) is 17.1 Å². The van der Waals surface area contributed by atoms with Gasteiger partial charge < -0.3 is 10.1 Å². The van der Waals surface area contributed by atoms with E-state index in [1.165, 1.54) is 13.2 Å². The molecule has 2 aromatic carbocycles. The number of hydrogen-bond donors (Lipinski definition) is 1. The summed E-state index contributed by atoms with van der Waals surface area (Å²) in [6, 6.07) is 9.38. The van der Waals surface area contributed by atoms with Gasteiger partial charge in [-0.1, -0.05) is 36.7 Å². The molecule has 0 unspecified atom stereocenters. The molecule has 0 aliphatic rings. The minimum absolute atomic E-state index is 0.263. The normalized spacial score (nSPS) is 12.4. The number of aryl methyl sites for hydroxylation is 2. The number of hydrogen-bond acceptors (Lipinski definition) is 4. The van der Waals surface area contributed by atoms with Gasteiger partial charge >= 0.3 is 0 Å². The van der Waals surface area contributed by atoms with Gasteiger partial charge in [-0.2, -0.15) is 0 Å². The van der Waals surface area contributed by atoms with Gasteiger partial charge in [0.25, 0.3) is 0 Å². The Labute approximate surface area is 171 Å². The Morgan fingerprint density at radius 1 is 1.21 bits per heavy atom. The molecule has 1 atom stereocenters. The van der Waals surface area contributed by atoms with Gasteiger partial charge in [0.1, 0.15) is 11.8 Å².